The van der Waals surface area contributed by atoms with Crippen LogP contribution in [0.2, 0.25) is 0 Å². The summed E-state index contributed by atoms with van der Waals surface area (Å²) in [4.78, 5) is 50.4. The summed E-state index contributed by atoms with van der Waals surface area (Å²) >= 11 is 0. The SMILES string of the molecule is O=C(CN1C(=O)C(=O)N(CCC2=CCCCC2)C1=O)NCCOc1ccccc1. The van der Waals surface area contributed by atoms with E-state index in [2.05, 4.69) is 11.4 Å². The van der Waals surface area contributed by atoms with Crippen LogP contribution >= 0.6 is 0 Å². The molecule has 1 aromatic carbocycles. The Morgan fingerprint density at radius 2 is 1.79 bits per heavy atom. The van der Waals surface area contributed by atoms with Gasteiger partial charge in [-0.15, -0.1) is 0 Å². The summed E-state index contributed by atoms with van der Waals surface area (Å²) in [5.41, 5.74) is 1.21. The molecule has 8 heteroatoms. The Balaban J connectivity index is 1.43. The number of carbonyl (C=O) groups excluding carboxylic acids is 4. The van der Waals surface area contributed by atoms with E-state index >= 15 is 0 Å². The van der Waals surface area contributed by atoms with E-state index < -0.39 is 30.3 Å². The zero-order valence-electron chi connectivity index (χ0n) is 16.3. The molecule has 1 fully saturated rings. The van der Waals surface area contributed by atoms with Gasteiger partial charge in [-0.25, -0.2) is 9.69 Å². The zero-order chi connectivity index (χ0) is 20.6. The highest BCUT2D eigenvalue weighted by atomic mass is 16.5. The van der Waals surface area contributed by atoms with Crippen molar-refractivity contribution in [1.82, 2.24) is 15.1 Å². The minimum atomic E-state index is -0.955. The van der Waals surface area contributed by atoms with E-state index in [-0.39, 0.29) is 19.7 Å². The first-order valence-electron chi connectivity index (χ1n) is 9.86. The molecule has 1 N–H and O–H groups in total. The Morgan fingerprint density at radius 1 is 1.03 bits per heavy atom. The lowest BCUT2D eigenvalue weighted by molar-refractivity contribution is -0.144. The minimum absolute atomic E-state index is 0.165. The molecule has 0 saturated carbocycles. The molecule has 5 amide bonds. The quantitative estimate of drug-likeness (QED) is 0.296. The molecule has 29 heavy (non-hydrogen) atoms. The number of allylic oxidation sites excluding steroid dienone is 1. The molecular formula is C21H25N3O5. The fourth-order valence-electron chi connectivity index (χ4n) is 3.35. The van der Waals surface area contributed by atoms with Gasteiger partial charge in [0.05, 0.1) is 6.54 Å². The first kappa shape index (κ1) is 20.6. The van der Waals surface area contributed by atoms with Crippen molar-refractivity contribution in [2.24, 2.45) is 0 Å². The minimum Gasteiger partial charge on any atom is -0.492 e. The molecule has 0 unspecified atom stereocenters. The van der Waals surface area contributed by atoms with E-state index in [4.69, 9.17) is 4.74 Å². The first-order valence-corrected chi connectivity index (χ1v) is 9.86. The third-order valence-electron chi connectivity index (χ3n) is 4.91. The van der Waals surface area contributed by atoms with Crippen molar-refractivity contribution >= 4 is 23.8 Å². The molecular weight excluding hydrogens is 374 g/mol. The van der Waals surface area contributed by atoms with Gasteiger partial charge in [-0.2, -0.15) is 0 Å². The van der Waals surface area contributed by atoms with Gasteiger partial charge in [-0.3, -0.25) is 19.3 Å². The highest BCUT2D eigenvalue weighted by molar-refractivity contribution is 6.45. The van der Waals surface area contributed by atoms with Gasteiger partial charge in [-0.1, -0.05) is 29.8 Å². The molecule has 0 bridgehead atoms. The molecule has 1 saturated heterocycles. The second kappa shape index (κ2) is 9.86. The fraction of sp³-hybridized carbons (Fsp3) is 0.429. The number of nitrogens with zero attached hydrogens (tertiary/aromatic N) is 2. The standard InChI is InChI=1S/C21H25N3O5/c25-18(22-12-14-29-17-9-5-2-6-10-17)15-24-20(27)19(26)23(21(24)28)13-11-16-7-3-1-4-8-16/h2,5-7,9-10H,1,3-4,8,11-15H2,(H,22,25). The number of para-hydroxylation sites is 1. The fourth-order valence-corrected chi connectivity index (χ4v) is 3.35. The second-order valence-electron chi connectivity index (χ2n) is 7.00. The van der Waals surface area contributed by atoms with Gasteiger partial charge < -0.3 is 10.1 Å². The average molecular weight is 399 g/mol. The number of imide groups is 2. The third-order valence-corrected chi connectivity index (χ3v) is 4.91. The Kier molecular flexibility index (Phi) is 6.99. The van der Waals surface area contributed by atoms with Crippen LogP contribution in [-0.2, 0) is 14.4 Å². The van der Waals surface area contributed by atoms with Crippen LogP contribution in [0.5, 0.6) is 5.75 Å². The molecule has 1 aliphatic carbocycles. The van der Waals surface area contributed by atoms with Crippen molar-refractivity contribution in [2.45, 2.75) is 32.1 Å². The first-order chi connectivity index (χ1) is 14.1. The van der Waals surface area contributed by atoms with E-state index in [0.717, 1.165) is 30.6 Å². The van der Waals surface area contributed by atoms with Crippen LogP contribution in [0.1, 0.15) is 32.1 Å². The molecule has 1 aromatic rings. The van der Waals surface area contributed by atoms with Crippen LogP contribution in [0.25, 0.3) is 0 Å². The van der Waals surface area contributed by atoms with Crippen LogP contribution < -0.4 is 10.1 Å². The molecule has 0 atom stereocenters. The molecule has 2 aliphatic rings. The summed E-state index contributed by atoms with van der Waals surface area (Å²) in [6, 6.07) is 8.42. The Labute approximate surface area is 169 Å². The lowest BCUT2D eigenvalue weighted by atomic mass is 9.97. The lowest BCUT2D eigenvalue weighted by Gasteiger charge is -2.17. The van der Waals surface area contributed by atoms with Gasteiger partial charge in [0.15, 0.2) is 0 Å². The van der Waals surface area contributed by atoms with Crippen LogP contribution in [-0.4, -0.2) is 59.8 Å². The Bertz CT molecular complexity index is 806. The number of hydrogen-bond acceptors (Lipinski definition) is 5. The Hall–Kier alpha value is -3.16. The van der Waals surface area contributed by atoms with Gasteiger partial charge in [-0.05, 0) is 44.2 Å². The van der Waals surface area contributed by atoms with Gasteiger partial charge in [0, 0.05) is 6.54 Å². The number of rotatable bonds is 9. The molecule has 0 aromatic heterocycles. The van der Waals surface area contributed by atoms with E-state index in [1.165, 1.54) is 5.57 Å². The van der Waals surface area contributed by atoms with Crippen LogP contribution in [0.4, 0.5) is 4.79 Å². The van der Waals surface area contributed by atoms with E-state index in [1.807, 2.05) is 18.2 Å². The molecule has 3 rings (SSSR count). The van der Waals surface area contributed by atoms with E-state index in [9.17, 15) is 19.2 Å². The van der Waals surface area contributed by atoms with Crippen molar-refractivity contribution in [3.63, 3.8) is 0 Å². The van der Waals surface area contributed by atoms with Gasteiger partial charge in [0.2, 0.25) is 5.91 Å². The third kappa shape index (κ3) is 5.43. The predicted molar refractivity (Wildman–Crippen MR) is 105 cm³/mol. The summed E-state index contributed by atoms with van der Waals surface area (Å²) in [6.07, 6.45) is 6.94. The summed E-state index contributed by atoms with van der Waals surface area (Å²) in [5.74, 6) is -1.66. The molecule has 0 radical (unpaired) electrons. The molecule has 154 valence electrons. The van der Waals surface area contributed by atoms with Crippen molar-refractivity contribution in [1.29, 1.82) is 0 Å². The van der Waals surface area contributed by atoms with Crippen LogP contribution in [0.3, 0.4) is 0 Å². The number of ether oxygens (including phenoxy) is 1. The van der Waals surface area contributed by atoms with Crippen LogP contribution in [0.15, 0.2) is 42.0 Å². The summed E-state index contributed by atoms with van der Waals surface area (Å²) in [6.45, 7) is 0.153. The van der Waals surface area contributed by atoms with Crippen LogP contribution in [0, 0.1) is 0 Å². The number of amides is 5. The highest BCUT2D eigenvalue weighted by Gasteiger charge is 2.44. The summed E-state index contributed by atoms with van der Waals surface area (Å²) in [5, 5.41) is 2.59. The molecule has 8 nitrogen and oxygen atoms in total. The average Bonchev–Trinajstić information content (AvgIpc) is 2.94. The smallest absolute Gasteiger partial charge is 0.334 e. The van der Waals surface area contributed by atoms with Gasteiger partial charge in [0.25, 0.3) is 0 Å². The maximum Gasteiger partial charge on any atom is 0.334 e. The summed E-state index contributed by atoms with van der Waals surface area (Å²) < 4.78 is 5.46. The number of urea groups is 1. The molecule has 0 spiro atoms. The van der Waals surface area contributed by atoms with Gasteiger partial charge >= 0.3 is 17.8 Å². The van der Waals surface area contributed by atoms with E-state index in [0.29, 0.717) is 17.1 Å². The highest BCUT2D eigenvalue weighted by Crippen LogP contribution is 2.21. The maximum absolute atomic E-state index is 12.4. The number of nitrogens with one attached hydrogen (secondary N) is 1. The van der Waals surface area contributed by atoms with Crippen molar-refractivity contribution in [3.8, 4) is 5.75 Å². The maximum atomic E-state index is 12.4. The lowest BCUT2D eigenvalue weighted by Crippen LogP contribution is -2.42. The number of benzene rings is 1. The summed E-state index contributed by atoms with van der Waals surface area (Å²) in [7, 11) is 0. The number of carbonyl (C=O) groups is 4. The zero-order valence-corrected chi connectivity index (χ0v) is 16.3. The predicted octanol–water partition coefficient (Wildman–Crippen LogP) is 1.86. The second-order valence-corrected chi connectivity index (χ2v) is 7.00. The largest absolute Gasteiger partial charge is 0.492 e. The number of hydrogen-bond donors (Lipinski definition) is 1. The van der Waals surface area contributed by atoms with Gasteiger partial charge in [0.1, 0.15) is 18.9 Å². The van der Waals surface area contributed by atoms with Crippen molar-refractivity contribution in [2.75, 3.05) is 26.2 Å². The Morgan fingerprint density at radius 3 is 2.52 bits per heavy atom. The van der Waals surface area contributed by atoms with Crippen molar-refractivity contribution < 1.29 is 23.9 Å². The topological polar surface area (TPSA) is 96.0 Å². The molecule has 1 heterocycles. The molecule has 1 aliphatic heterocycles. The normalized spacial score (nSPS) is 16.8. The van der Waals surface area contributed by atoms with E-state index in [1.54, 1.807) is 12.1 Å². The van der Waals surface area contributed by atoms with Crippen molar-refractivity contribution in [3.05, 3.63) is 42.0 Å². The monoisotopic (exact) mass is 399 g/mol.